The fourth-order valence-electron chi connectivity index (χ4n) is 9.23. The van der Waals surface area contributed by atoms with Crippen LogP contribution in [0.3, 0.4) is 0 Å². The van der Waals surface area contributed by atoms with E-state index in [1.165, 1.54) is 38.8 Å². The molecule has 5 nitrogen and oxygen atoms in total. The molecule has 0 spiro atoms. The summed E-state index contributed by atoms with van der Waals surface area (Å²) in [6.07, 6.45) is 4.27. The molecule has 6 rings (SSSR count). The first-order chi connectivity index (χ1) is 26.3. The summed E-state index contributed by atoms with van der Waals surface area (Å²) in [5.74, 6) is 1.63. The maximum Gasteiger partial charge on any atom is 0.162 e. The summed E-state index contributed by atoms with van der Waals surface area (Å²) in [5, 5.41) is 11.3. The first-order valence-electron chi connectivity index (χ1n) is 21.0. The maximum absolute atomic E-state index is 12.3. The normalized spacial score (nSPS) is 14.2. The molecule has 2 aromatic carbocycles. The number of pyridine rings is 1. The molecule has 3 aromatic heterocycles. The van der Waals surface area contributed by atoms with E-state index in [1.807, 2.05) is 18.3 Å². The van der Waals surface area contributed by atoms with Crippen LogP contribution in [-0.4, -0.2) is 25.8 Å². The van der Waals surface area contributed by atoms with Crippen molar-refractivity contribution in [1.29, 1.82) is 0 Å². The molecule has 0 aliphatic heterocycles. The van der Waals surface area contributed by atoms with Crippen molar-refractivity contribution in [1.82, 2.24) is 15.0 Å². The number of allylic oxidation sites excluding steroid dienone is 2. The van der Waals surface area contributed by atoms with Crippen LogP contribution >= 0.6 is 11.3 Å². The third-order valence-corrected chi connectivity index (χ3v) is 12.8. The number of benzene rings is 2. The fourth-order valence-corrected chi connectivity index (χ4v) is 10.7. The number of aromatic nitrogens is 3. The second kappa shape index (κ2) is 17.8. The van der Waals surface area contributed by atoms with Crippen molar-refractivity contribution in [3.05, 3.63) is 88.6 Å². The molecule has 7 heteroatoms. The van der Waals surface area contributed by atoms with E-state index in [2.05, 4.69) is 153 Å². The predicted octanol–water partition coefficient (Wildman–Crippen LogP) is 14.1. The van der Waals surface area contributed by atoms with Crippen molar-refractivity contribution < 1.29 is 30.0 Å². The van der Waals surface area contributed by atoms with Crippen LogP contribution in [0.25, 0.3) is 42.8 Å². The first kappa shape index (κ1) is 47.4. The topological polar surface area (TPSA) is 76.0 Å². The Morgan fingerprint density at radius 3 is 2.00 bits per heavy atom. The van der Waals surface area contributed by atoms with Crippen LogP contribution < -0.4 is 0 Å². The zero-order valence-corrected chi connectivity index (χ0v) is 41.4. The van der Waals surface area contributed by atoms with Crippen molar-refractivity contribution in [2.45, 2.75) is 135 Å². The largest absolute Gasteiger partial charge is 0.512 e. The molecular formula is C51H68IrN3O2S-. The number of aliphatic hydroxyl groups excluding tert-OH is 1. The molecule has 0 saturated heterocycles. The van der Waals surface area contributed by atoms with E-state index < -0.39 is 0 Å². The molecule has 0 atom stereocenters. The van der Waals surface area contributed by atoms with E-state index in [-0.39, 0.29) is 59.7 Å². The number of aryl methyl sites for hydroxylation is 1. The number of hydrogen-bond donors (Lipinski definition) is 1. The molecule has 1 N–H and O–H groups in total. The Morgan fingerprint density at radius 2 is 1.45 bits per heavy atom. The number of hydrogen-bond acceptors (Lipinski definition) is 6. The third-order valence-electron chi connectivity index (χ3n) is 11.6. The fraction of sp³-hybridized carbons (Fsp3) is 0.529. The minimum Gasteiger partial charge on any atom is -0.512 e. The number of rotatable bonds is 9. The van der Waals surface area contributed by atoms with Gasteiger partial charge in [-0.25, -0.2) is 4.98 Å². The molecule has 0 amide bonds. The molecule has 1 radical (unpaired) electrons. The molecule has 0 fully saturated rings. The van der Waals surface area contributed by atoms with Gasteiger partial charge in [-0.3, -0.25) is 14.8 Å². The second-order valence-corrected chi connectivity index (χ2v) is 21.7. The van der Waals surface area contributed by atoms with Crippen LogP contribution in [-0.2, 0) is 42.2 Å². The Hall–Kier alpha value is -3.25. The molecule has 1 aliphatic rings. The average molecular weight is 979 g/mol. The van der Waals surface area contributed by atoms with Crippen molar-refractivity contribution in [3.63, 3.8) is 0 Å². The molecule has 5 aromatic rings. The van der Waals surface area contributed by atoms with Gasteiger partial charge in [0.1, 0.15) is 6.33 Å². The summed E-state index contributed by atoms with van der Waals surface area (Å²) < 4.78 is 1.15. The van der Waals surface area contributed by atoms with Crippen LogP contribution in [0.15, 0.2) is 54.6 Å². The summed E-state index contributed by atoms with van der Waals surface area (Å²) in [6, 6.07) is 17.2. The molecule has 3 heterocycles. The van der Waals surface area contributed by atoms with Crippen molar-refractivity contribution >= 4 is 38.2 Å². The zero-order valence-electron chi connectivity index (χ0n) is 38.2. The summed E-state index contributed by atoms with van der Waals surface area (Å²) in [6.45, 7) is 37.0. The van der Waals surface area contributed by atoms with E-state index in [1.54, 1.807) is 6.33 Å². The minimum atomic E-state index is -0.111. The average Bonchev–Trinajstić information content (AvgIpc) is 3.56. The molecule has 58 heavy (non-hydrogen) atoms. The number of carbonyl (C=O) groups is 1. The first-order valence-corrected chi connectivity index (χ1v) is 21.9. The van der Waals surface area contributed by atoms with E-state index >= 15 is 0 Å². The molecule has 0 unspecified atom stereocenters. The van der Waals surface area contributed by atoms with Crippen molar-refractivity contribution in [2.24, 2.45) is 40.9 Å². The van der Waals surface area contributed by atoms with Gasteiger partial charge < -0.3 is 5.11 Å². The maximum atomic E-state index is 12.3. The standard InChI is InChI=1S/C34H36N3S.C17H32O2.Ir/c1-19-10-12-21-15-22(16-25(27(21)37-19)33(5,6)7)28-31-29(36-18-35-28)26-30(38-31)23-14-20(17-32(2,3)4)11-13-24(23)34(26,8)9;1-10(2)16(11(3)4)14(18)9-15(19)17(12(5)6)13(7)8;/h10-14,16,18H,17H2,1-9H3;9-13,16-18H,1-8H3;/q-1;;/b;14-9-;. The molecule has 1 aliphatic carbocycles. The number of aliphatic hydroxyl groups is 1. The number of carbonyl (C=O) groups excluding carboxylic acids is 1. The number of fused-ring (bicyclic) bond motifs is 6. The molecule has 315 valence electrons. The van der Waals surface area contributed by atoms with Crippen molar-refractivity contribution in [2.75, 3.05) is 0 Å². The van der Waals surface area contributed by atoms with Crippen LogP contribution in [0.4, 0.5) is 0 Å². The second-order valence-electron chi connectivity index (χ2n) is 20.6. The predicted molar refractivity (Wildman–Crippen MR) is 243 cm³/mol. The molecule has 0 bridgehead atoms. The van der Waals surface area contributed by atoms with Gasteiger partial charge in [0, 0.05) is 75.5 Å². The van der Waals surface area contributed by atoms with Gasteiger partial charge in [0.15, 0.2) is 5.78 Å². The summed E-state index contributed by atoms with van der Waals surface area (Å²) in [7, 11) is 0. The SMILES string of the molecule is CC(C)C(C(=O)/C=C(\O)C(C(C)C)C(C)C)C(C)C.Cc1ccc2[c-]c(-c3ncnc4c5c(sc34)-c3cc(CC(C)(C)C)ccc3C5(C)C)cc(C(C)(C)C)c2n1.[Ir]. The van der Waals surface area contributed by atoms with Crippen LogP contribution in [0.5, 0.6) is 0 Å². The Balaban J connectivity index is 0.000000319. The monoisotopic (exact) mass is 979 g/mol. The van der Waals surface area contributed by atoms with Gasteiger partial charge in [-0.2, -0.15) is 0 Å². The Labute approximate surface area is 367 Å². The molecular weight excluding hydrogens is 911 g/mol. The Kier molecular flexibility index (Phi) is 14.5. The number of nitrogens with zero attached hydrogens (tertiary/aromatic N) is 3. The van der Waals surface area contributed by atoms with Crippen LogP contribution in [0.1, 0.15) is 139 Å². The van der Waals surface area contributed by atoms with E-state index in [0.29, 0.717) is 23.7 Å². The quantitative estimate of drug-likeness (QED) is 0.0905. The Morgan fingerprint density at radius 1 is 0.845 bits per heavy atom. The van der Waals surface area contributed by atoms with Crippen LogP contribution in [0, 0.1) is 53.9 Å². The van der Waals surface area contributed by atoms with E-state index in [9.17, 15) is 9.90 Å². The molecule has 0 saturated carbocycles. The number of thiophene rings is 1. The van der Waals surface area contributed by atoms with Gasteiger partial charge in [-0.05, 0) is 64.5 Å². The Bertz CT molecular complexity index is 2280. The smallest absolute Gasteiger partial charge is 0.162 e. The van der Waals surface area contributed by atoms with Gasteiger partial charge in [-0.1, -0.05) is 152 Å². The van der Waals surface area contributed by atoms with Gasteiger partial charge >= 0.3 is 0 Å². The van der Waals surface area contributed by atoms with Gasteiger partial charge in [0.05, 0.1) is 11.3 Å². The summed E-state index contributed by atoms with van der Waals surface area (Å²) in [5.41, 5.74) is 11.9. The third kappa shape index (κ3) is 9.85. The van der Waals surface area contributed by atoms with Crippen molar-refractivity contribution in [3.8, 4) is 21.7 Å². The van der Waals surface area contributed by atoms with E-state index in [0.717, 1.165) is 44.5 Å². The van der Waals surface area contributed by atoms with Gasteiger partial charge in [0.2, 0.25) is 0 Å². The van der Waals surface area contributed by atoms with Crippen LogP contribution in [0.2, 0.25) is 0 Å². The summed E-state index contributed by atoms with van der Waals surface area (Å²) in [4.78, 5) is 28.3. The van der Waals surface area contributed by atoms with Gasteiger partial charge in [0.25, 0.3) is 0 Å². The number of ketones is 1. The summed E-state index contributed by atoms with van der Waals surface area (Å²) >= 11 is 1.84. The zero-order chi connectivity index (χ0) is 42.5. The minimum absolute atomic E-state index is 0. The van der Waals surface area contributed by atoms with Gasteiger partial charge in [-0.15, -0.1) is 29.5 Å². The van der Waals surface area contributed by atoms with E-state index in [4.69, 9.17) is 15.0 Å².